The number of hydrogen-bond acceptors (Lipinski definition) is 3. The van der Waals surface area contributed by atoms with Gasteiger partial charge in [0.2, 0.25) is 0 Å². The van der Waals surface area contributed by atoms with Crippen molar-refractivity contribution < 1.29 is 13.9 Å². The highest BCUT2D eigenvalue weighted by molar-refractivity contribution is 4.95. The van der Waals surface area contributed by atoms with Crippen molar-refractivity contribution in [1.29, 1.82) is 0 Å². The first-order valence-electron chi connectivity index (χ1n) is 6.51. The summed E-state index contributed by atoms with van der Waals surface area (Å²) < 4.78 is 25.7. The lowest BCUT2D eigenvalue weighted by Crippen LogP contribution is -2.46. The van der Waals surface area contributed by atoms with E-state index in [0.29, 0.717) is 0 Å². The Morgan fingerprint density at radius 3 is 2.50 bits per heavy atom. The van der Waals surface area contributed by atoms with Gasteiger partial charge in [-0.1, -0.05) is 11.6 Å². The van der Waals surface area contributed by atoms with E-state index in [0.717, 1.165) is 32.5 Å². The Hall–Kier alpha value is -0.520. The molecular weight excluding hydrogens is 238 g/mol. The van der Waals surface area contributed by atoms with Crippen molar-refractivity contribution in [2.45, 2.75) is 38.7 Å². The van der Waals surface area contributed by atoms with Crippen molar-refractivity contribution in [3.63, 3.8) is 0 Å². The molecule has 0 aromatic rings. The molecule has 1 fully saturated rings. The molecule has 2 N–H and O–H groups in total. The maximum Gasteiger partial charge on any atom is 0.282 e. The molecule has 0 aromatic carbocycles. The standard InChI is InChI=1S/C13H24F2N2O/c1-11(2)3-6-17-7-4-12(5-8-17)16-9-13(14,15)10-18/h3,12,16,18H,4-10H2,1-2H3. The van der Waals surface area contributed by atoms with E-state index in [1.165, 1.54) is 5.57 Å². The second kappa shape index (κ2) is 7.16. The fourth-order valence-corrected chi connectivity index (χ4v) is 1.98. The minimum atomic E-state index is -3.00. The molecule has 3 nitrogen and oxygen atoms in total. The third-order valence-electron chi connectivity index (χ3n) is 3.23. The SMILES string of the molecule is CC(C)=CCN1CCC(NCC(F)(F)CO)CC1. The van der Waals surface area contributed by atoms with Gasteiger partial charge in [0.25, 0.3) is 5.92 Å². The number of halogens is 2. The van der Waals surface area contributed by atoms with Crippen LogP contribution >= 0.6 is 0 Å². The summed E-state index contributed by atoms with van der Waals surface area (Å²) in [5.41, 5.74) is 1.30. The maximum absolute atomic E-state index is 12.9. The van der Waals surface area contributed by atoms with E-state index in [1.807, 2.05) is 0 Å². The second-order valence-electron chi connectivity index (χ2n) is 5.25. The molecule has 0 saturated carbocycles. The zero-order chi connectivity index (χ0) is 13.6. The molecule has 18 heavy (non-hydrogen) atoms. The van der Waals surface area contributed by atoms with Gasteiger partial charge in [0.05, 0.1) is 6.54 Å². The number of likely N-dealkylation sites (tertiary alicyclic amines) is 1. The van der Waals surface area contributed by atoms with Gasteiger partial charge in [0.1, 0.15) is 6.61 Å². The van der Waals surface area contributed by atoms with E-state index < -0.39 is 19.1 Å². The van der Waals surface area contributed by atoms with E-state index in [9.17, 15) is 8.78 Å². The van der Waals surface area contributed by atoms with Gasteiger partial charge < -0.3 is 10.4 Å². The third kappa shape index (κ3) is 5.89. The average molecular weight is 262 g/mol. The molecule has 5 heteroatoms. The van der Waals surface area contributed by atoms with Crippen LogP contribution in [0.4, 0.5) is 8.78 Å². The van der Waals surface area contributed by atoms with Gasteiger partial charge in [-0.2, -0.15) is 0 Å². The molecule has 1 aliphatic heterocycles. The van der Waals surface area contributed by atoms with Crippen molar-refractivity contribution in [3.8, 4) is 0 Å². The van der Waals surface area contributed by atoms with E-state index in [4.69, 9.17) is 5.11 Å². The summed E-state index contributed by atoms with van der Waals surface area (Å²) in [5, 5.41) is 11.3. The normalized spacial score (nSPS) is 18.9. The summed E-state index contributed by atoms with van der Waals surface area (Å²) in [7, 11) is 0. The van der Waals surface area contributed by atoms with Crippen LogP contribution in [-0.2, 0) is 0 Å². The van der Waals surface area contributed by atoms with Crippen LogP contribution in [-0.4, -0.2) is 54.8 Å². The Labute approximate surface area is 108 Å². The molecule has 0 unspecified atom stereocenters. The largest absolute Gasteiger partial charge is 0.390 e. The van der Waals surface area contributed by atoms with Gasteiger partial charge >= 0.3 is 0 Å². The van der Waals surface area contributed by atoms with Crippen LogP contribution in [0.3, 0.4) is 0 Å². The smallest absolute Gasteiger partial charge is 0.282 e. The summed E-state index contributed by atoms with van der Waals surface area (Å²) in [5.74, 6) is -3.00. The first-order valence-corrected chi connectivity index (χ1v) is 6.51. The first kappa shape index (κ1) is 15.5. The number of nitrogens with one attached hydrogen (secondary N) is 1. The minimum absolute atomic E-state index is 0.144. The number of piperidine rings is 1. The molecule has 1 heterocycles. The highest BCUT2D eigenvalue weighted by Gasteiger charge is 2.29. The van der Waals surface area contributed by atoms with Gasteiger partial charge in [-0.15, -0.1) is 0 Å². The summed E-state index contributed by atoms with van der Waals surface area (Å²) in [6, 6.07) is 0.144. The average Bonchev–Trinajstić information content (AvgIpc) is 2.35. The Morgan fingerprint density at radius 1 is 1.39 bits per heavy atom. The predicted molar refractivity (Wildman–Crippen MR) is 68.9 cm³/mol. The van der Waals surface area contributed by atoms with E-state index >= 15 is 0 Å². The number of aliphatic hydroxyl groups excluding tert-OH is 1. The number of aliphatic hydroxyl groups is 1. The van der Waals surface area contributed by atoms with Crippen molar-refractivity contribution in [2.75, 3.05) is 32.8 Å². The van der Waals surface area contributed by atoms with Crippen LogP contribution in [0.5, 0.6) is 0 Å². The van der Waals surface area contributed by atoms with E-state index in [2.05, 4.69) is 30.1 Å². The van der Waals surface area contributed by atoms with Gasteiger partial charge in [-0.05, 0) is 39.8 Å². The van der Waals surface area contributed by atoms with Crippen LogP contribution in [0.25, 0.3) is 0 Å². The van der Waals surface area contributed by atoms with Crippen LogP contribution in [0.2, 0.25) is 0 Å². The zero-order valence-corrected chi connectivity index (χ0v) is 11.3. The van der Waals surface area contributed by atoms with Crippen molar-refractivity contribution in [2.24, 2.45) is 0 Å². The predicted octanol–water partition coefficient (Wildman–Crippen LogP) is 1.63. The molecule has 0 aliphatic carbocycles. The van der Waals surface area contributed by atoms with Crippen LogP contribution < -0.4 is 5.32 Å². The van der Waals surface area contributed by atoms with Crippen LogP contribution in [0.1, 0.15) is 26.7 Å². The molecule has 0 spiro atoms. The van der Waals surface area contributed by atoms with Crippen molar-refractivity contribution >= 4 is 0 Å². The van der Waals surface area contributed by atoms with Gasteiger partial charge in [0, 0.05) is 12.6 Å². The molecule has 106 valence electrons. The molecular formula is C13H24F2N2O. The molecule has 0 radical (unpaired) electrons. The molecule has 0 bridgehead atoms. The quantitative estimate of drug-likeness (QED) is 0.714. The summed E-state index contributed by atoms with van der Waals surface area (Å²) in [4.78, 5) is 2.33. The number of hydrogen-bond donors (Lipinski definition) is 2. The Balaban J connectivity index is 2.21. The lowest BCUT2D eigenvalue weighted by Gasteiger charge is -2.32. The molecule has 0 atom stereocenters. The molecule has 1 saturated heterocycles. The summed E-state index contributed by atoms with van der Waals surface area (Å²) >= 11 is 0. The monoisotopic (exact) mass is 262 g/mol. The summed E-state index contributed by atoms with van der Waals surface area (Å²) in [6.07, 6.45) is 3.96. The Kier molecular flexibility index (Phi) is 6.18. The number of allylic oxidation sites excluding steroid dienone is 1. The Bertz CT molecular complexity index is 270. The lowest BCUT2D eigenvalue weighted by molar-refractivity contribution is -0.0503. The Morgan fingerprint density at radius 2 is 2.00 bits per heavy atom. The van der Waals surface area contributed by atoms with Gasteiger partial charge in [-0.25, -0.2) is 8.78 Å². The molecule has 0 aromatic heterocycles. The third-order valence-corrected chi connectivity index (χ3v) is 3.23. The lowest BCUT2D eigenvalue weighted by atomic mass is 10.0. The van der Waals surface area contributed by atoms with Crippen LogP contribution in [0, 0.1) is 0 Å². The number of alkyl halides is 2. The van der Waals surface area contributed by atoms with E-state index in [1.54, 1.807) is 0 Å². The molecule has 1 rings (SSSR count). The number of rotatable bonds is 6. The number of nitrogens with zero attached hydrogens (tertiary/aromatic N) is 1. The van der Waals surface area contributed by atoms with Crippen LogP contribution in [0.15, 0.2) is 11.6 Å². The van der Waals surface area contributed by atoms with Gasteiger partial charge in [-0.3, -0.25) is 4.90 Å². The van der Waals surface area contributed by atoms with Crippen molar-refractivity contribution in [3.05, 3.63) is 11.6 Å². The maximum atomic E-state index is 12.9. The fourth-order valence-electron chi connectivity index (χ4n) is 1.98. The van der Waals surface area contributed by atoms with Gasteiger partial charge in [0.15, 0.2) is 0 Å². The minimum Gasteiger partial charge on any atom is -0.390 e. The second-order valence-corrected chi connectivity index (χ2v) is 5.25. The van der Waals surface area contributed by atoms with Crippen molar-refractivity contribution in [1.82, 2.24) is 10.2 Å². The first-order chi connectivity index (χ1) is 8.43. The summed E-state index contributed by atoms with van der Waals surface area (Å²) in [6.45, 7) is 5.46. The molecule has 0 amide bonds. The van der Waals surface area contributed by atoms with E-state index in [-0.39, 0.29) is 6.04 Å². The highest BCUT2D eigenvalue weighted by Crippen LogP contribution is 2.14. The zero-order valence-electron chi connectivity index (χ0n) is 11.3. The topological polar surface area (TPSA) is 35.5 Å². The fraction of sp³-hybridized carbons (Fsp3) is 0.846. The highest BCUT2D eigenvalue weighted by atomic mass is 19.3. The molecule has 1 aliphatic rings.